The van der Waals surface area contributed by atoms with Crippen molar-refractivity contribution in [3.05, 3.63) is 63.9 Å². The van der Waals surface area contributed by atoms with Gasteiger partial charge in [-0.25, -0.2) is 13.2 Å². The van der Waals surface area contributed by atoms with Crippen molar-refractivity contribution in [2.75, 3.05) is 5.75 Å². The van der Waals surface area contributed by atoms with Crippen molar-refractivity contribution in [2.24, 2.45) is 0 Å². The third-order valence-electron chi connectivity index (χ3n) is 2.63. The molecule has 2 aromatic carbocycles. The summed E-state index contributed by atoms with van der Waals surface area (Å²) in [4.78, 5) is 0.876. The van der Waals surface area contributed by atoms with Gasteiger partial charge in [0, 0.05) is 20.7 Å². The molecule has 0 aliphatic rings. The van der Waals surface area contributed by atoms with Gasteiger partial charge in [0.2, 0.25) is 0 Å². The number of benzene rings is 2. The predicted octanol–water partition coefficient (Wildman–Crippen LogP) is 4.69. The van der Waals surface area contributed by atoms with Gasteiger partial charge in [-0.05, 0) is 24.3 Å². The van der Waals surface area contributed by atoms with Gasteiger partial charge in [-0.2, -0.15) is 0 Å². The molecule has 0 aromatic heterocycles. The van der Waals surface area contributed by atoms with Crippen LogP contribution in [0.15, 0.2) is 45.8 Å². The summed E-state index contributed by atoms with van der Waals surface area (Å²) < 4.78 is 40.3. The molecule has 2 rings (SSSR count). The molecule has 0 aliphatic heterocycles. The molecule has 2 aromatic rings. The predicted molar refractivity (Wildman–Crippen MR) is 76.1 cm³/mol. The van der Waals surface area contributed by atoms with Crippen LogP contribution < -0.4 is 0 Å². The maximum atomic E-state index is 13.5. The summed E-state index contributed by atoms with van der Waals surface area (Å²) in [6.45, 7) is 0. The summed E-state index contributed by atoms with van der Waals surface area (Å²) in [6, 6.07) is 9.23. The second-order valence-electron chi connectivity index (χ2n) is 4.05. The van der Waals surface area contributed by atoms with Gasteiger partial charge in [0.25, 0.3) is 0 Å². The monoisotopic (exact) mass is 362 g/mol. The summed E-state index contributed by atoms with van der Waals surface area (Å²) in [5.74, 6) is -4.03. The van der Waals surface area contributed by atoms with Gasteiger partial charge in [0.1, 0.15) is 0 Å². The highest BCUT2D eigenvalue weighted by Crippen LogP contribution is 2.28. The highest BCUT2D eigenvalue weighted by atomic mass is 79.9. The Kier molecular flexibility index (Phi) is 5.12. The van der Waals surface area contributed by atoms with Gasteiger partial charge in [-0.1, -0.05) is 28.1 Å². The summed E-state index contributed by atoms with van der Waals surface area (Å²) in [5.41, 5.74) is -0.244. The molecule has 6 heteroatoms. The van der Waals surface area contributed by atoms with Crippen LogP contribution in [0, 0.1) is 17.5 Å². The minimum Gasteiger partial charge on any atom is -0.387 e. The van der Waals surface area contributed by atoms with Gasteiger partial charge >= 0.3 is 0 Å². The van der Waals surface area contributed by atoms with Crippen LogP contribution in [0.1, 0.15) is 11.7 Å². The Morgan fingerprint density at radius 3 is 2.55 bits per heavy atom. The van der Waals surface area contributed by atoms with Crippen molar-refractivity contribution < 1.29 is 18.3 Å². The van der Waals surface area contributed by atoms with E-state index in [0.717, 1.165) is 21.5 Å². The average Bonchev–Trinajstić information content (AvgIpc) is 2.42. The third-order valence-corrected chi connectivity index (χ3v) is 4.19. The molecule has 20 heavy (non-hydrogen) atoms. The van der Waals surface area contributed by atoms with E-state index in [1.807, 2.05) is 24.3 Å². The number of aliphatic hydroxyl groups is 1. The molecule has 1 unspecified atom stereocenters. The molecule has 0 amide bonds. The van der Waals surface area contributed by atoms with E-state index in [0.29, 0.717) is 0 Å². The van der Waals surface area contributed by atoms with Crippen LogP contribution in [0.5, 0.6) is 0 Å². The fourth-order valence-corrected chi connectivity index (χ4v) is 3.09. The second kappa shape index (κ2) is 6.65. The molecule has 0 radical (unpaired) electrons. The van der Waals surface area contributed by atoms with Gasteiger partial charge < -0.3 is 5.11 Å². The molecule has 1 N–H and O–H groups in total. The molecule has 0 bridgehead atoms. The largest absolute Gasteiger partial charge is 0.387 e. The van der Waals surface area contributed by atoms with E-state index in [4.69, 9.17) is 0 Å². The SMILES string of the molecule is OC(CSc1cccc(Br)c1)c1ccc(F)c(F)c1F. The van der Waals surface area contributed by atoms with Crippen molar-refractivity contribution in [2.45, 2.75) is 11.0 Å². The maximum Gasteiger partial charge on any atom is 0.194 e. The highest BCUT2D eigenvalue weighted by Gasteiger charge is 2.19. The fourth-order valence-electron chi connectivity index (χ4n) is 1.62. The molecule has 0 spiro atoms. The minimum absolute atomic E-state index is 0.137. The number of rotatable bonds is 4. The lowest BCUT2D eigenvalue weighted by Crippen LogP contribution is -2.06. The zero-order chi connectivity index (χ0) is 14.7. The highest BCUT2D eigenvalue weighted by molar-refractivity contribution is 9.10. The fraction of sp³-hybridized carbons (Fsp3) is 0.143. The number of hydrogen-bond donors (Lipinski definition) is 1. The summed E-state index contributed by atoms with van der Waals surface area (Å²) in [7, 11) is 0. The van der Waals surface area contributed by atoms with Crippen molar-refractivity contribution >= 4 is 27.7 Å². The van der Waals surface area contributed by atoms with E-state index in [9.17, 15) is 18.3 Å². The molecule has 106 valence electrons. The smallest absolute Gasteiger partial charge is 0.194 e. The zero-order valence-corrected chi connectivity index (χ0v) is 12.5. The molecule has 0 fully saturated rings. The van der Waals surface area contributed by atoms with Gasteiger partial charge in [-0.15, -0.1) is 11.8 Å². The summed E-state index contributed by atoms with van der Waals surface area (Å²) in [6.07, 6.45) is -1.21. The molecule has 0 saturated heterocycles. The van der Waals surface area contributed by atoms with E-state index in [1.165, 1.54) is 11.8 Å². The molecule has 0 heterocycles. The quantitative estimate of drug-likeness (QED) is 0.628. The van der Waals surface area contributed by atoms with Gasteiger partial charge in [-0.3, -0.25) is 0 Å². The van der Waals surface area contributed by atoms with Crippen LogP contribution >= 0.6 is 27.7 Å². The van der Waals surface area contributed by atoms with Crippen LogP contribution in [0.4, 0.5) is 13.2 Å². The molecular formula is C14H10BrF3OS. The topological polar surface area (TPSA) is 20.2 Å². The van der Waals surface area contributed by atoms with Crippen LogP contribution in [0.25, 0.3) is 0 Å². The van der Waals surface area contributed by atoms with Crippen molar-refractivity contribution in [3.63, 3.8) is 0 Å². The van der Waals surface area contributed by atoms with Crippen LogP contribution in [0.2, 0.25) is 0 Å². The van der Waals surface area contributed by atoms with Crippen LogP contribution in [-0.4, -0.2) is 10.9 Å². The Bertz CT molecular complexity index is 621. The summed E-state index contributed by atoms with van der Waals surface area (Å²) >= 11 is 4.61. The first-order chi connectivity index (χ1) is 9.49. The zero-order valence-electron chi connectivity index (χ0n) is 10.1. The Balaban J connectivity index is 2.09. The van der Waals surface area contributed by atoms with E-state index >= 15 is 0 Å². The summed E-state index contributed by atoms with van der Waals surface area (Å²) in [5, 5.41) is 9.89. The normalized spacial score (nSPS) is 12.4. The van der Waals surface area contributed by atoms with Crippen molar-refractivity contribution in [1.29, 1.82) is 0 Å². The lowest BCUT2D eigenvalue weighted by molar-refractivity contribution is 0.197. The Labute approximate surface area is 126 Å². The average molecular weight is 363 g/mol. The molecular weight excluding hydrogens is 353 g/mol. The van der Waals surface area contributed by atoms with Crippen molar-refractivity contribution in [1.82, 2.24) is 0 Å². The number of hydrogen-bond acceptors (Lipinski definition) is 2. The second-order valence-corrected chi connectivity index (χ2v) is 6.06. The minimum atomic E-state index is -1.56. The van der Waals surface area contributed by atoms with E-state index in [-0.39, 0.29) is 11.3 Å². The van der Waals surface area contributed by atoms with Crippen LogP contribution in [-0.2, 0) is 0 Å². The lowest BCUT2D eigenvalue weighted by atomic mass is 10.1. The van der Waals surface area contributed by atoms with E-state index in [1.54, 1.807) is 0 Å². The number of aliphatic hydroxyl groups excluding tert-OH is 1. The first-order valence-electron chi connectivity index (χ1n) is 5.69. The van der Waals surface area contributed by atoms with Crippen LogP contribution in [0.3, 0.4) is 0 Å². The third kappa shape index (κ3) is 3.56. The molecule has 1 atom stereocenters. The first-order valence-corrected chi connectivity index (χ1v) is 7.46. The van der Waals surface area contributed by atoms with Gasteiger partial charge in [0.05, 0.1) is 6.10 Å². The standard InChI is InChI=1S/C14H10BrF3OS/c15-8-2-1-3-9(6-8)20-7-12(19)10-4-5-11(16)14(18)13(10)17/h1-6,12,19H,7H2. The van der Waals surface area contributed by atoms with Gasteiger partial charge in [0.15, 0.2) is 17.5 Å². The molecule has 0 saturated carbocycles. The maximum absolute atomic E-state index is 13.5. The molecule has 1 nitrogen and oxygen atoms in total. The number of thioether (sulfide) groups is 1. The van der Waals surface area contributed by atoms with E-state index in [2.05, 4.69) is 15.9 Å². The van der Waals surface area contributed by atoms with Crippen molar-refractivity contribution in [3.8, 4) is 0 Å². The van der Waals surface area contributed by atoms with E-state index < -0.39 is 23.6 Å². The Morgan fingerprint density at radius 2 is 1.85 bits per heavy atom. The Hall–Kier alpha value is -0.980. The first kappa shape index (κ1) is 15.4. The lowest BCUT2D eigenvalue weighted by Gasteiger charge is -2.12. The number of halogens is 4. The molecule has 0 aliphatic carbocycles. The Morgan fingerprint density at radius 1 is 1.10 bits per heavy atom.